The largest absolute Gasteiger partial charge is 0.352 e. The van der Waals surface area contributed by atoms with E-state index in [-0.39, 0.29) is 0 Å². The highest BCUT2D eigenvalue weighted by Crippen LogP contribution is 2.28. The summed E-state index contributed by atoms with van der Waals surface area (Å²) >= 11 is 3.50. The van der Waals surface area contributed by atoms with E-state index in [1.807, 2.05) is 0 Å². The molecule has 0 aromatic carbocycles. The van der Waals surface area contributed by atoms with E-state index in [0.717, 1.165) is 6.42 Å². The Kier molecular flexibility index (Phi) is 1.24. The number of aryl methyl sites for hydroxylation is 1. The molecule has 0 bridgehead atoms. The van der Waals surface area contributed by atoms with Crippen LogP contribution in [0.3, 0.4) is 0 Å². The Morgan fingerprint density at radius 2 is 2.40 bits per heavy atom. The third-order valence-corrected chi connectivity index (χ3v) is 2.53. The topological polar surface area (TPSA) is 4.93 Å². The van der Waals surface area contributed by atoms with Crippen LogP contribution in [0, 0.1) is 0 Å². The summed E-state index contributed by atoms with van der Waals surface area (Å²) in [5, 5.41) is 0. The van der Waals surface area contributed by atoms with E-state index in [9.17, 15) is 0 Å². The Labute approximate surface area is 68.5 Å². The maximum atomic E-state index is 3.50. The molecular weight excluding hydrogens is 190 g/mol. The fraction of sp³-hybridized carbons (Fsp3) is 0.250. The number of rotatable bonds is 0. The molecule has 0 aliphatic heterocycles. The number of aromatic nitrogens is 1. The van der Waals surface area contributed by atoms with Crippen molar-refractivity contribution in [2.75, 3.05) is 0 Å². The molecule has 0 saturated carbocycles. The molecule has 0 saturated heterocycles. The molecule has 0 atom stereocenters. The lowest BCUT2D eigenvalue weighted by Crippen LogP contribution is -1.90. The van der Waals surface area contributed by atoms with E-state index in [2.05, 4.69) is 45.9 Å². The molecule has 10 heavy (non-hydrogen) atoms. The van der Waals surface area contributed by atoms with Gasteiger partial charge >= 0.3 is 0 Å². The maximum Gasteiger partial charge on any atom is 0.0427 e. The zero-order valence-electron chi connectivity index (χ0n) is 5.76. The fourth-order valence-electron chi connectivity index (χ4n) is 1.36. The van der Waals surface area contributed by atoms with Gasteiger partial charge in [-0.15, -0.1) is 0 Å². The Hall–Kier alpha value is -0.500. The highest BCUT2D eigenvalue weighted by atomic mass is 79.9. The van der Waals surface area contributed by atoms with Gasteiger partial charge in [0.15, 0.2) is 0 Å². The first-order valence-electron chi connectivity index (χ1n) is 3.29. The average Bonchev–Trinajstić information content (AvgIpc) is 2.39. The Morgan fingerprint density at radius 3 is 3.10 bits per heavy atom. The first kappa shape index (κ1) is 6.23. The zero-order valence-corrected chi connectivity index (χ0v) is 7.35. The van der Waals surface area contributed by atoms with Gasteiger partial charge in [-0.2, -0.15) is 0 Å². The highest BCUT2D eigenvalue weighted by Gasteiger charge is 2.11. The standard InChI is InChI=1S/C8H8BrN/c1-10-5-7(9)6-3-2-4-8(6)10/h2-3,5H,4H2,1H3. The molecule has 52 valence electrons. The Bertz CT molecular complexity index is 296. The summed E-state index contributed by atoms with van der Waals surface area (Å²) in [6.45, 7) is 0. The lowest BCUT2D eigenvalue weighted by atomic mass is 10.3. The second kappa shape index (κ2) is 1.99. The van der Waals surface area contributed by atoms with Crippen molar-refractivity contribution in [3.63, 3.8) is 0 Å². The molecule has 1 aromatic heterocycles. The molecule has 0 radical (unpaired) electrons. The van der Waals surface area contributed by atoms with Crippen LogP contribution in [0.25, 0.3) is 6.08 Å². The van der Waals surface area contributed by atoms with E-state index >= 15 is 0 Å². The predicted octanol–water partition coefficient (Wildman–Crippen LogP) is 2.36. The smallest absolute Gasteiger partial charge is 0.0427 e. The minimum absolute atomic E-state index is 1.08. The zero-order chi connectivity index (χ0) is 7.14. The van der Waals surface area contributed by atoms with Gasteiger partial charge in [-0.25, -0.2) is 0 Å². The summed E-state index contributed by atoms with van der Waals surface area (Å²) < 4.78 is 3.37. The van der Waals surface area contributed by atoms with Crippen LogP contribution in [0.1, 0.15) is 11.3 Å². The lowest BCUT2D eigenvalue weighted by Gasteiger charge is -1.94. The SMILES string of the molecule is Cn1cc(Br)c2c1CC=C2. The highest BCUT2D eigenvalue weighted by molar-refractivity contribution is 9.10. The molecule has 0 amide bonds. The predicted molar refractivity (Wildman–Crippen MR) is 45.9 cm³/mol. The molecule has 1 aliphatic carbocycles. The van der Waals surface area contributed by atoms with Gasteiger partial charge in [0, 0.05) is 35.4 Å². The number of nitrogens with zero attached hydrogens (tertiary/aromatic N) is 1. The van der Waals surface area contributed by atoms with E-state index in [4.69, 9.17) is 0 Å². The first-order valence-corrected chi connectivity index (χ1v) is 4.08. The van der Waals surface area contributed by atoms with Crippen molar-refractivity contribution in [1.82, 2.24) is 4.57 Å². The van der Waals surface area contributed by atoms with Gasteiger partial charge in [0.2, 0.25) is 0 Å². The average molecular weight is 198 g/mol. The molecular formula is C8H8BrN. The molecule has 0 unspecified atom stereocenters. The maximum absolute atomic E-state index is 3.50. The van der Waals surface area contributed by atoms with E-state index in [1.165, 1.54) is 15.7 Å². The van der Waals surface area contributed by atoms with Crippen molar-refractivity contribution < 1.29 is 0 Å². The van der Waals surface area contributed by atoms with Crippen LogP contribution in [0.5, 0.6) is 0 Å². The van der Waals surface area contributed by atoms with Crippen molar-refractivity contribution in [2.24, 2.45) is 7.05 Å². The van der Waals surface area contributed by atoms with Crippen LogP contribution >= 0.6 is 15.9 Å². The van der Waals surface area contributed by atoms with Gasteiger partial charge in [-0.1, -0.05) is 12.2 Å². The Morgan fingerprint density at radius 1 is 1.60 bits per heavy atom. The molecule has 1 aromatic rings. The molecule has 1 nitrogen and oxygen atoms in total. The fourth-order valence-corrected chi connectivity index (χ4v) is 2.03. The van der Waals surface area contributed by atoms with Crippen molar-refractivity contribution in [3.05, 3.63) is 28.0 Å². The quantitative estimate of drug-likeness (QED) is 0.603. The molecule has 0 N–H and O–H groups in total. The molecule has 0 fully saturated rings. The number of allylic oxidation sites excluding steroid dienone is 1. The Balaban J connectivity index is 2.70. The third-order valence-electron chi connectivity index (χ3n) is 1.90. The van der Waals surface area contributed by atoms with Crippen LogP contribution in [0.15, 0.2) is 16.7 Å². The van der Waals surface area contributed by atoms with Crippen LogP contribution in [0.2, 0.25) is 0 Å². The summed E-state index contributed by atoms with van der Waals surface area (Å²) in [7, 11) is 2.08. The van der Waals surface area contributed by atoms with Crippen LogP contribution in [0.4, 0.5) is 0 Å². The number of hydrogen-bond donors (Lipinski definition) is 0. The molecule has 2 heteroatoms. The lowest BCUT2D eigenvalue weighted by molar-refractivity contribution is 0.861. The normalized spacial score (nSPS) is 14.2. The molecule has 0 spiro atoms. The van der Waals surface area contributed by atoms with Gasteiger partial charge in [0.05, 0.1) is 0 Å². The van der Waals surface area contributed by atoms with Gasteiger partial charge in [-0.3, -0.25) is 0 Å². The number of hydrogen-bond acceptors (Lipinski definition) is 0. The monoisotopic (exact) mass is 197 g/mol. The third kappa shape index (κ3) is 0.686. The molecule has 2 rings (SSSR count). The van der Waals surface area contributed by atoms with E-state index in [0.29, 0.717) is 0 Å². The summed E-state index contributed by atoms with van der Waals surface area (Å²) in [4.78, 5) is 0. The second-order valence-electron chi connectivity index (χ2n) is 2.55. The summed E-state index contributed by atoms with van der Waals surface area (Å²) in [5.74, 6) is 0. The van der Waals surface area contributed by atoms with Crippen LogP contribution in [-0.4, -0.2) is 4.57 Å². The van der Waals surface area contributed by atoms with Crippen LogP contribution in [-0.2, 0) is 13.5 Å². The minimum atomic E-state index is 1.08. The van der Waals surface area contributed by atoms with Crippen molar-refractivity contribution in [3.8, 4) is 0 Å². The number of halogens is 1. The van der Waals surface area contributed by atoms with Gasteiger partial charge in [0.25, 0.3) is 0 Å². The molecule has 1 heterocycles. The van der Waals surface area contributed by atoms with Gasteiger partial charge in [-0.05, 0) is 15.9 Å². The van der Waals surface area contributed by atoms with Crippen molar-refractivity contribution >= 4 is 22.0 Å². The molecule has 1 aliphatic rings. The minimum Gasteiger partial charge on any atom is -0.352 e. The van der Waals surface area contributed by atoms with Gasteiger partial charge < -0.3 is 4.57 Å². The van der Waals surface area contributed by atoms with Crippen molar-refractivity contribution in [1.29, 1.82) is 0 Å². The number of fused-ring (bicyclic) bond motifs is 1. The summed E-state index contributed by atoms with van der Waals surface area (Å²) in [5.41, 5.74) is 2.76. The van der Waals surface area contributed by atoms with E-state index < -0.39 is 0 Å². The summed E-state index contributed by atoms with van der Waals surface area (Å²) in [6, 6.07) is 0. The summed E-state index contributed by atoms with van der Waals surface area (Å²) in [6.07, 6.45) is 7.54. The first-order chi connectivity index (χ1) is 4.79. The second-order valence-corrected chi connectivity index (χ2v) is 3.41. The van der Waals surface area contributed by atoms with Crippen LogP contribution < -0.4 is 0 Å². The van der Waals surface area contributed by atoms with Crippen molar-refractivity contribution in [2.45, 2.75) is 6.42 Å². The van der Waals surface area contributed by atoms with Gasteiger partial charge in [0.1, 0.15) is 0 Å². The van der Waals surface area contributed by atoms with E-state index in [1.54, 1.807) is 0 Å².